The lowest BCUT2D eigenvalue weighted by atomic mass is 10.1. The Kier molecular flexibility index (Phi) is 49.4. The Morgan fingerprint density at radius 2 is 0.619 bits per heavy atom. The van der Waals surface area contributed by atoms with Crippen LogP contribution in [0.4, 0.5) is 0 Å². The van der Waals surface area contributed by atoms with Gasteiger partial charge in [-0.1, -0.05) is 223 Å². The van der Waals surface area contributed by atoms with Crippen molar-refractivity contribution in [1.29, 1.82) is 0 Å². The van der Waals surface area contributed by atoms with E-state index < -0.39 is 6.10 Å². The molecule has 0 saturated carbocycles. The van der Waals surface area contributed by atoms with Crippen molar-refractivity contribution < 1.29 is 28.6 Å². The van der Waals surface area contributed by atoms with E-state index in [9.17, 15) is 14.4 Å². The van der Waals surface area contributed by atoms with Crippen molar-refractivity contribution in [3.05, 3.63) is 60.8 Å². The first kappa shape index (κ1) is 60.1. The summed E-state index contributed by atoms with van der Waals surface area (Å²) >= 11 is 0. The molecule has 0 amide bonds. The molecule has 1 unspecified atom stereocenters. The van der Waals surface area contributed by atoms with E-state index in [0.29, 0.717) is 19.3 Å². The van der Waals surface area contributed by atoms with E-state index in [0.717, 1.165) is 89.9 Å². The second-order valence-electron chi connectivity index (χ2n) is 17.8. The van der Waals surface area contributed by atoms with Gasteiger partial charge in [-0.2, -0.15) is 0 Å². The van der Waals surface area contributed by atoms with Crippen LogP contribution in [-0.2, 0) is 28.6 Å². The summed E-state index contributed by atoms with van der Waals surface area (Å²) in [5, 5.41) is 0. The number of hydrogen-bond donors (Lipinski definition) is 0. The third kappa shape index (κ3) is 50.0. The highest BCUT2D eigenvalue weighted by atomic mass is 16.6. The van der Waals surface area contributed by atoms with Crippen molar-refractivity contribution in [2.75, 3.05) is 13.2 Å². The second kappa shape index (κ2) is 51.7. The average Bonchev–Trinajstić information content (AvgIpc) is 3.28. The summed E-state index contributed by atoms with van der Waals surface area (Å²) in [5.41, 5.74) is 0. The highest BCUT2D eigenvalue weighted by Gasteiger charge is 2.19. The molecule has 0 rings (SSSR count). The number of hydrogen-bond acceptors (Lipinski definition) is 6. The molecule has 0 N–H and O–H groups in total. The summed E-state index contributed by atoms with van der Waals surface area (Å²) in [5.74, 6) is -0.894. The van der Waals surface area contributed by atoms with Gasteiger partial charge in [0.25, 0.3) is 0 Å². The summed E-state index contributed by atoms with van der Waals surface area (Å²) in [4.78, 5) is 37.9. The minimum absolute atomic E-state index is 0.0788. The highest BCUT2D eigenvalue weighted by Crippen LogP contribution is 2.15. The van der Waals surface area contributed by atoms with E-state index in [1.165, 1.54) is 135 Å². The van der Waals surface area contributed by atoms with E-state index in [1.807, 2.05) is 0 Å². The van der Waals surface area contributed by atoms with E-state index in [2.05, 4.69) is 81.5 Å². The summed E-state index contributed by atoms with van der Waals surface area (Å²) < 4.78 is 16.7. The highest BCUT2D eigenvalue weighted by molar-refractivity contribution is 5.71. The molecule has 0 aliphatic carbocycles. The summed E-state index contributed by atoms with van der Waals surface area (Å²) in [6.07, 6.45) is 63.7. The Hall–Kier alpha value is -2.89. The smallest absolute Gasteiger partial charge is 0.306 e. The molecule has 6 heteroatoms. The van der Waals surface area contributed by atoms with Crippen molar-refractivity contribution in [3.8, 4) is 0 Å². The predicted molar refractivity (Wildman–Crippen MR) is 270 cm³/mol. The molecule has 364 valence electrons. The molecule has 1 atom stereocenters. The SMILES string of the molecule is CC/C=C\C/C=C\C/C=C\CCCCCCCCCC(=O)OC(COC(=O)CCCCCCCCC)COC(=O)CCCCCCCCCCC/C=C\C/C=C\CCCCCCC. The van der Waals surface area contributed by atoms with Gasteiger partial charge in [0.1, 0.15) is 13.2 Å². The van der Waals surface area contributed by atoms with Gasteiger partial charge in [-0.3, -0.25) is 14.4 Å². The van der Waals surface area contributed by atoms with Crippen molar-refractivity contribution in [3.63, 3.8) is 0 Å². The number of esters is 3. The zero-order valence-corrected chi connectivity index (χ0v) is 41.6. The van der Waals surface area contributed by atoms with Crippen LogP contribution in [0.15, 0.2) is 60.8 Å². The Bertz CT molecular complexity index is 1150. The summed E-state index contributed by atoms with van der Waals surface area (Å²) in [6, 6.07) is 0. The number of allylic oxidation sites excluding steroid dienone is 10. The molecule has 0 aromatic carbocycles. The first-order valence-corrected chi connectivity index (χ1v) is 26.8. The maximum atomic E-state index is 12.8. The van der Waals surface area contributed by atoms with Crippen LogP contribution < -0.4 is 0 Å². The van der Waals surface area contributed by atoms with Crippen molar-refractivity contribution in [2.45, 2.75) is 271 Å². The lowest BCUT2D eigenvalue weighted by molar-refractivity contribution is -0.167. The van der Waals surface area contributed by atoms with Gasteiger partial charge < -0.3 is 14.2 Å². The molecule has 0 aromatic heterocycles. The van der Waals surface area contributed by atoms with Crippen molar-refractivity contribution >= 4 is 17.9 Å². The van der Waals surface area contributed by atoms with Crippen molar-refractivity contribution in [1.82, 2.24) is 0 Å². The molecule has 0 heterocycles. The maximum absolute atomic E-state index is 12.8. The largest absolute Gasteiger partial charge is 0.462 e. The fraction of sp³-hybridized carbons (Fsp3) is 0.772. The van der Waals surface area contributed by atoms with Crippen LogP contribution in [0, 0.1) is 0 Å². The molecule has 0 fully saturated rings. The number of carbonyl (C=O) groups excluding carboxylic acids is 3. The fourth-order valence-electron chi connectivity index (χ4n) is 7.49. The van der Waals surface area contributed by atoms with Crippen LogP contribution in [0.1, 0.15) is 265 Å². The maximum Gasteiger partial charge on any atom is 0.306 e. The van der Waals surface area contributed by atoms with Crippen LogP contribution in [0.2, 0.25) is 0 Å². The number of carbonyl (C=O) groups is 3. The molecule has 0 radical (unpaired) electrons. The number of unbranched alkanes of at least 4 members (excludes halogenated alkanes) is 27. The molecule has 0 aromatic rings. The molecule has 0 bridgehead atoms. The molecular formula is C57H100O6. The van der Waals surface area contributed by atoms with Gasteiger partial charge in [-0.05, 0) is 83.5 Å². The van der Waals surface area contributed by atoms with Crippen LogP contribution in [-0.4, -0.2) is 37.2 Å². The van der Waals surface area contributed by atoms with Gasteiger partial charge in [0.05, 0.1) is 0 Å². The lowest BCUT2D eigenvalue weighted by Crippen LogP contribution is -2.30. The number of ether oxygens (including phenoxy) is 3. The van der Waals surface area contributed by atoms with E-state index >= 15 is 0 Å². The number of rotatable bonds is 48. The molecular weight excluding hydrogens is 781 g/mol. The minimum atomic E-state index is -0.777. The summed E-state index contributed by atoms with van der Waals surface area (Å²) in [6.45, 7) is 6.48. The van der Waals surface area contributed by atoms with Crippen LogP contribution in [0.25, 0.3) is 0 Å². The fourth-order valence-corrected chi connectivity index (χ4v) is 7.49. The molecule has 0 aliphatic heterocycles. The molecule has 63 heavy (non-hydrogen) atoms. The Balaban J connectivity index is 4.23. The molecule has 0 saturated heterocycles. The third-order valence-electron chi connectivity index (χ3n) is 11.5. The standard InChI is InChI=1S/C57H100O6/c1-4-7-10-13-16-18-20-22-24-26-27-28-29-31-32-34-36-38-41-44-47-50-56(59)62-53-54(52-61-55(58)49-46-43-40-15-12-9-6-3)63-57(60)51-48-45-42-39-37-35-33-30-25-23-21-19-17-14-11-8-5-2/h8,11,17,19-20,22-23,25-27,54H,4-7,9-10,12-16,18,21,24,28-53H2,1-3H3/b11-8-,19-17-,22-20-,25-23-,27-26-. The first-order valence-electron chi connectivity index (χ1n) is 26.8. The van der Waals surface area contributed by atoms with Gasteiger partial charge in [-0.15, -0.1) is 0 Å². The lowest BCUT2D eigenvalue weighted by Gasteiger charge is -2.18. The zero-order chi connectivity index (χ0) is 45.8. The molecule has 0 spiro atoms. The Morgan fingerprint density at radius 1 is 0.333 bits per heavy atom. The van der Waals surface area contributed by atoms with E-state index in [-0.39, 0.29) is 31.1 Å². The first-order chi connectivity index (χ1) is 31.0. The van der Waals surface area contributed by atoms with Crippen LogP contribution in [0.5, 0.6) is 0 Å². The molecule has 0 aliphatic rings. The second-order valence-corrected chi connectivity index (χ2v) is 17.8. The Morgan fingerprint density at radius 3 is 0.968 bits per heavy atom. The summed E-state index contributed by atoms with van der Waals surface area (Å²) in [7, 11) is 0. The van der Waals surface area contributed by atoms with Crippen LogP contribution in [0.3, 0.4) is 0 Å². The van der Waals surface area contributed by atoms with Crippen molar-refractivity contribution in [2.24, 2.45) is 0 Å². The van der Waals surface area contributed by atoms with Gasteiger partial charge in [0.2, 0.25) is 0 Å². The van der Waals surface area contributed by atoms with Gasteiger partial charge in [0, 0.05) is 19.3 Å². The van der Waals surface area contributed by atoms with Crippen LogP contribution >= 0.6 is 0 Å². The van der Waals surface area contributed by atoms with Gasteiger partial charge in [0.15, 0.2) is 6.10 Å². The molecule has 6 nitrogen and oxygen atoms in total. The third-order valence-corrected chi connectivity index (χ3v) is 11.5. The topological polar surface area (TPSA) is 78.9 Å². The van der Waals surface area contributed by atoms with E-state index in [1.54, 1.807) is 0 Å². The normalized spacial score (nSPS) is 12.5. The monoisotopic (exact) mass is 881 g/mol. The average molecular weight is 881 g/mol. The minimum Gasteiger partial charge on any atom is -0.462 e. The predicted octanol–water partition coefficient (Wildman–Crippen LogP) is 17.6. The van der Waals surface area contributed by atoms with Gasteiger partial charge in [-0.25, -0.2) is 0 Å². The van der Waals surface area contributed by atoms with E-state index in [4.69, 9.17) is 14.2 Å². The quantitative estimate of drug-likeness (QED) is 0.0262. The van der Waals surface area contributed by atoms with Gasteiger partial charge >= 0.3 is 17.9 Å². The zero-order valence-electron chi connectivity index (χ0n) is 41.6. The Labute approximate surface area is 390 Å².